The highest BCUT2D eigenvalue weighted by atomic mass is 32.2. The van der Waals surface area contributed by atoms with Gasteiger partial charge >= 0.3 is 0 Å². The Labute approximate surface area is 192 Å². The number of carbonyl (C=O) groups excluding carboxylic acids is 1. The van der Waals surface area contributed by atoms with Crippen LogP contribution in [0.1, 0.15) is 42.9 Å². The summed E-state index contributed by atoms with van der Waals surface area (Å²) in [5.74, 6) is -0.343. The zero-order valence-electron chi connectivity index (χ0n) is 18.6. The molecule has 1 unspecified atom stereocenters. The first-order chi connectivity index (χ1) is 15.4. The minimum Gasteiger partial charge on any atom is -0.612 e. The molecule has 6 heteroatoms. The first-order valence-corrected chi connectivity index (χ1v) is 12.6. The average molecular weight is 453 g/mol. The number of benzene rings is 2. The molecule has 0 radical (unpaired) electrons. The quantitative estimate of drug-likeness (QED) is 0.630. The predicted octanol–water partition coefficient (Wildman–Crippen LogP) is 4.49. The van der Waals surface area contributed by atoms with Gasteiger partial charge in [-0.25, -0.2) is 4.39 Å². The van der Waals surface area contributed by atoms with Crippen LogP contribution in [0.3, 0.4) is 0 Å². The molecule has 0 saturated carbocycles. The van der Waals surface area contributed by atoms with Crippen molar-refractivity contribution in [2.45, 2.75) is 31.1 Å². The molecule has 2 aromatic rings. The number of amides is 1. The van der Waals surface area contributed by atoms with Gasteiger partial charge in [0.25, 0.3) is 0 Å². The van der Waals surface area contributed by atoms with E-state index in [1.54, 1.807) is 12.3 Å². The Morgan fingerprint density at radius 1 is 1.16 bits per heavy atom. The molecule has 0 aromatic heterocycles. The first kappa shape index (κ1) is 22.8. The Hall–Kier alpha value is -2.41. The fourth-order valence-corrected chi connectivity index (χ4v) is 5.01. The molecular weight excluding hydrogens is 423 g/mol. The lowest BCUT2D eigenvalue weighted by Gasteiger charge is -2.15. The minimum absolute atomic E-state index is 0.0372. The third-order valence-electron chi connectivity index (χ3n) is 6.26. The highest BCUT2D eigenvalue weighted by molar-refractivity contribution is 7.90. The van der Waals surface area contributed by atoms with Crippen molar-refractivity contribution >= 4 is 34.3 Å². The maximum atomic E-state index is 14.1. The second-order valence-electron chi connectivity index (χ2n) is 8.45. The number of likely N-dealkylation sites (tertiary alicyclic amines) is 1. The van der Waals surface area contributed by atoms with Crippen LogP contribution < -0.4 is 5.32 Å². The maximum Gasteiger partial charge on any atom is 0.224 e. The standard InChI is InChI=1S/C26H29FN2O2S/c1-18-23(15-19-5-8-21(9-6-19)32(2)31)22-10-7-20(27)16-25(22)24(18)17-26(30)28-11-14-29-12-3-4-13-29/h5-10,15-16H,3-4,11-14,17H2,1-2H3,(H,28,30)/b23-15+. The smallest absolute Gasteiger partial charge is 0.224 e. The van der Waals surface area contributed by atoms with E-state index in [1.807, 2.05) is 37.3 Å². The summed E-state index contributed by atoms with van der Waals surface area (Å²) in [4.78, 5) is 15.8. The molecule has 1 heterocycles. The summed E-state index contributed by atoms with van der Waals surface area (Å²) in [5.41, 5.74) is 5.55. The predicted molar refractivity (Wildman–Crippen MR) is 129 cm³/mol. The van der Waals surface area contributed by atoms with Crippen LogP contribution in [-0.2, 0) is 16.0 Å². The van der Waals surface area contributed by atoms with Gasteiger partial charge < -0.3 is 14.8 Å². The lowest BCUT2D eigenvalue weighted by atomic mass is 10.0. The molecule has 0 spiro atoms. The zero-order chi connectivity index (χ0) is 22.7. The molecule has 1 aliphatic carbocycles. The Balaban J connectivity index is 1.54. The minimum atomic E-state index is -1.02. The molecule has 0 bridgehead atoms. The van der Waals surface area contributed by atoms with E-state index >= 15 is 0 Å². The molecule has 168 valence electrons. The van der Waals surface area contributed by atoms with Crippen molar-refractivity contribution in [3.05, 3.63) is 70.5 Å². The van der Waals surface area contributed by atoms with E-state index in [2.05, 4.69) is 10.2 Å². The maximum absolute atomic E-state index is 14.1. The summed E-state index contributed by atoms with van der Waals surface area (Å²) >= 11 is -1.02. The van der Waals surface area contributed by atoms with Gasteiger partial charge in [0.2, 0.25) is 5.91 Å². The molecule has 2 aliphatic rings. The second kappa shape index (κ2) is 10.0. The Kier molecular flexibility index (Phi) is 7.13. The van der Waals surface area contributed by atoms with Gasteiger partial charge in [0.15, 0.2) is 4.90 Å². The van der Waals surface area contributed by atoms with Gasteiger partial charge in [-0.2, -0.15) is 0 Å². The van der Waals surface area contributed by atoms with Crippen molar-refractivity contribution in [1.82, 2.24) is 10.2 Å². The van der Waals surface area contributed by atoms with E-state index in [-0.39, 0.29) is 18.1 Å². The van der Waals surface area contributed by atoms with Crippen LogP contribution in [0.15, 0.2) is 52.9 Å². The van der Waals surface area contributed by atoms with Crippen molar-refractivity contribution in [3.8, 4) is 0 Å². The molecule has 1 saturated heterocycles. The molecular formula is C26H29FN2O2S. The summed E-state index contributed by atoms with van der Waals surface area (Å²) in [7, 11) is 0. The van der Waals surface area contributed by atoms with E-state index in [4.69, 9.17) is 0 Å². The number of rotatable bonds is 7. The molecule has 1 amide bonds. The number of fused-ring (bicyclic) bond motifs is 1. The van der Waals surface area contributed by atoms with Gasteiger partial charge in [-0.15, -0.1) is 0 Å². The van der Waals surface area contributed by atoms with Crippen LogP contribution in [0.25, 0.3) is 17.2 Å². The van der Waals surface area contributed by atoms with Crippen molar-refractivity contribution < 1.29 is 13.7 Å². The number of carbonyl (C=O) groups is 1. The summed E-state index contributed by atoms with van der Waals surface area (Å²) in [6, 6.07) is 12.4. The summed E-state index contributed by atoms with van der Waals surface area (Å²) < 4.78 is 25.7. The first-order valence-electron chi connectivity index (χ1n) is 11.1. The Morgan fingerprint density at radius 3 is 2.56 bits per heavy atom. The van der Waals surface area contributed by atoms with E-state index < -0.39 is 11.2 Å². The molecule has 2 aromatic carbocycles. The van der Waals surface area contributed by atoms with Crippen LogP contribution in [-0.4, -0.2) is 47.8 Å². The number of hydrogen-bond acceptors (Lipinski definition) is 3. The summed E-state index contributed by atoms with van der Waals surface area (Å²) in [6.07, 6.45) is 6.40. The third-order valence-corrected chi connectivity index (χ3v) is 7.20. The highest BCUT2D eigenvalue weighted by Gasteiger charge is 2.26. The monoisotopic (exact) mass is 452 g/mol. The number of nitrogens with zero attached hydrogens (tertiary/aromatic N) is 1. The lowest BCUT2D eigenvalue weighted by Crippen LogP contribution is -2.33. The third kappa shape index (κ3) is 5.14. The number of halogens is 1. The SMILES string of the molecule is CC1=C(CC(=O)NCCN2CCCC2)c2cc(F)ccc2/C1=C/c1ccc([S+](C)[O-])cc1. The van der Waals surface area contributed by atoms with Gasteiger partial charge in [0, 0.05) is 13.1 Å². The normalized spacial score (nSPS) is 18.3. The van der Waals surface area contributed by atoms with Gasteiger partial charge in [0.05, 0.1) is 6.42 Å². The fourth-order valence-electron chi connectivity index (χ4n) is 4.49. The Morgan fingerprint density at radius 2 is 1.88 bits per heavy atom. The van der Waals surface area contributed by atoms with Gasteiger partial charge in [-0.05, 0) is 120 Å². The van der Waals surface area contributed by atoms with Crippen LogP contribution in [0.2, 0.25) is 0 Å². The molecule has 1 N–H and O–H groups in total. The molecule has 1 fully saturated rings. The van der Waals surface area contributed by atoms with Crippen LogP contribution >= 0.6 is 0 Å². The Bertz CT molecular complexity index is 1050. The molecule has 4 nitrogen and oxygen atoms in total. The van der Waals surface area contributed by atoms with Crippen LogP contribution in [0.4, 0.5) is 4.39 Å². The fraction of sp³-hybridized carbons (Fsp3) is 0.346. The van der Waals surface area contributed by atoms with Crippen LogP contribution in [0, 0.1) is 5.82 Å². The molecule has 1 atom stereocenters. The van der Waals surface area contributed by atoms with Crippen LogP contribution in [0.5, 0.6) is 0 Å². The highest BCUT2D eigenvalue weighted by Crippen LogP contribution is 2.43. The second-order valence-corrected chi connectivity index (χ2v) is 9.83. The number of hydrogen-bond donors (Lipinski definition) is 1. The molecule has 4 rings (SSSR count). The molecule has 1 aliphatic heterocycles. The number of allylic oxidation sites excluding steroid dienone is 2. The average Bonchev–Trinajstić information content (AvgIpc) is 3.37. The van der Waals surface area contributed by atoms with Crippen molar-refractivity contribution in [1.29, 1.82) is 0 Å². The van der Waals surface area contributed by atoms with Gasteiger partial charge in [-0.3, -0.25) is 4.79 Å². The van der Waals surface area contributed by atoms with Crippen molar-refractivity contribution in [2.24, 2.45) is 0 Å². The molecule has 32 heavy (non-hydrogen) atoms. The van der Waals surface area contributed by atoms with Gasteiger partial charge in [-0.1, -0.05) is 6.07 Å². The topological polar surface area (TPSA) is 55.4 Å². The summed E-state index contributed by atoms with van der Waals surface area (Å²) in [6.45, 7) is 5.71. The van der Waals surface area contributed by atoms with E-state index in [0.29, 0.717) is 6.54 Å². The van der Waals surface area contributed by atoms with Crippen molar-refractivity contribution in [2.75, 3.05) is 32.4 Å². The van der Waals surface area contributed by atoms with E-state index in [0.717, 1.165) is 57.9 Å². The number of nitrogens with one attached hydrogen (secondary N) is 1. The zero-order valence-corrected chi connectivity index (χ0v) is 19.4. The van der Waals surface area contributed by atoms with Gasteiger partial charge in [0.1, 0.15) is 12.1 Å². The lowest BCUT2D eigenvalue weighted by molar-refractivity contribution is -0.120. The van der Waals surface area contributed by atoms with E-state index in [9.17, 15) is 13.7 Å². The summed E-state index contributed by atoms with van der Waals surface area (Å²) in [5, 5.41) is 3.03. The van der Waals surface area contributed by atoms with Crippen molar-refractivity contribution in [3.63, 3.8) is 0 Å². The largest absolute Gasteiger partial charge is 0.612 e. The van der Waals surface area contributed by atoms with E-state index in [1.165, 1.54) is 25.0 Å².